The third-order valence-electron chi connectivity index (χ3n) is 4.11. The van der Waals surface area contributed by atoms with E-state index in [1.807, 2.05) is 0 Å². The Morgan fingerprint density at radius 2 is 1.70 bits per heavy atom. The van der Waals surface area contributed by atoms with E-state index in [-0.39, 0.29) is 11.4 Å². The molecule has 1 saturated heterocycles. The Kier molecular flexibility index (Phi) is 5.07. The molecule has 9 nitrogen and oxygen atoms in total. The van der Waals surface area contributed by atoms with Gasteiger partial charge in [0.1, 0.15) is 0 Å². The van der Waals surface area contributed by atoms with Gasteiger partial charge in [-0.2, -0.15) is 0 Å². The number of benzene rings is 2. The molecule has 0 amide bonds. The van der Waals surface area contributed by atoms with Crippen LogP contribution in [-0.2, 0) is 20.0 Å². The van der Waals surface area contributed by atoms with Crippen LogP contribution in [0.4, 0.5) is 17.1 Å². The molecule has 1 fully saturated rings. The minimum atomic E-state index is -4.17. The van der Waals surface area contributed by atoms with Gasteiger partial charge < -0.3 is 0 Å². The van der Waals surface area contributed by atoms with E-state index in [1.165, 1.54) is 40.7 Å². The van der Waals surface area contributed by atoms with Gasteiger partial charge in [-0.05, 0) is 43.2 Å². The zero-order valence-corrected chi connectivity index (χ0v) is 15.7. The van der Waals surface area contributed by atoms with Crippen LogP contribution in [0, 0.1) is 10.1 Å². The molecule has 0 bridgehead atoms. The van der Waals surface area contributed by atoms with E-state index in [2.05, 4.69) is 4.72 Å². The molecule has 0 atom stereocenters. The standard InChI is InChI=1S/C16H17N3O6S2/c20-19(21)15-5-1-2-6-16(15)27(24,25)17-13-7-9-14(10-8-13)18-11-3-4-12-26(18,22)23/h1-2,5-10,17H,3-4,11-12H2. The van der Waals surface area contributed by atoms with Crippen molar-refractivity contribution in [3.05, 3.63) is 58.6 Å². The number of nitrogens with one attached hydrogen (secondary N) is 1. The summed E-state index contributed by atoms with van der Waals surface area (Å²) in [5.41, 5.74) is 0.0932. The first-order valence-corrected chi connectivity index (χ1v) is 11.2. The minimum absolute atomic E-state index is 0.0824. The average Bonchev–Trinajstić information content (AvgIpc) is 2.62. The molecule has 0 aromatic heterocycles. The van der Waals surface area contributed by atoms with Crippen LogP contribution < -0.4 is 9.03 Å². The summed E-state index contributed by atoms with van der Waals surface area (Å²) in [6.45, 7) is 0.379. The van der Waals surface area contributed by atoms with Crippen LogP contribution in [0.15, 0.2) is 53.4 Å². The van der Waals surface area contributed by atoms with Crippen molar-refractivity contribution in [2.75, 3.05) is 21.3 Å². The molecule has 0 saturated carbocycles. The molecule has 0 radical (unpaired) electrons. The van der Waals surface area contributed by atoms with Crippen molar-refractivity contribution in [1.29, 1.82) is 0 Å². The van der Waals surface area contributed by atoms with Gasteiger partial charge in [-0.25, -0.2) is 16.8 Å². The van der Waals surface area contributed by atoms with Crippen LogP contribution in [0.25, 0.3) is 0 Å². The number of hydrogen-bond donors (Lipinski definition) is 1. The zero-order chi connectivity index (χ0) is 19.7. The summed E-state index contributed by atoms with van der Waals surface area (Å²) < 4.78 is 52.8. The van der Waals surface area contributed by atoms with Gasteiger partial charge in [0.25, 0.3) is 15.7 Å². The predicted molar refractivity (Wildman–Crippen MR) is 101 cm³/mol. The van der Waals surface area contributed by atoms with Gasteiger partial charge >= 0.3 is 0 Å². The van der Waals surface area contributed by atoms with Crippen molar-refractivity contribution < 1.29 is 21.8 Å². The Morgan fingerprint density at radius 1 is 1.04 bits per heavy atom. The quantitative estimate of drug-likeness (QED) is 0.594. The highest BCUT2D eigenvalue weighted by molar-refractivity contribution is 7.93. The summed E-state index contributed by atoms with van der Waals surface area (Å²) in [5, 5.41) is 11.1. The second-order valence-corrected chi connectivity index (χ2v) is 9.64. The fourth-order valence-corrected chi connectivity index (χ4v) is 5.69. The first kappa shape index (κ1) is 19.1. The Hall–Kier alpha value is -2.66. The van der Waals surface area contributed by atoms with Crippen LogP contribution in [0.2, 0.25) is 0 Å². The number of nitro benzene ring substituents is 1. The number of rotatable bonds is 5. The fourth-order valence-electron chi connectivity index (χ4n) is 2.82. The number of para-hydroxylation sites is 1. The van der Waals surface area contributed by atoms with Crippen molar-refractivity contribution in [3.8, 4) is 0 Å². The maximum atomic E-state index is 12.5. The molecule has 27 heavy (non-hydrogen) atoms. The van der Waals surface area contributed by atoms with Crippen molar-refractivity contribution >= 4 is 37.1 Å². The lowest BCUT2D eigenvalue weighted by Gasteiger charge is -2.28. The van der Waals surface area contributed by atoms with Gasteiger partial charge in [0.05, 0.1) is 16.4 Å². The van der Waals surface area contributed by atoms with Crippen LogP contribution >= 0.6 is 0 Å². The summed E-state index contributed by atoms with van der Waals surface area (Å²) in [4.78, 5) is 9.84. The molecule has 3 rings (SSSR count). The maximum absolute atomic E-state index is 12.5. The van der Waals surface area contributed by atoms with Gasteiger partial charge in [-0.3, -0.25) is 19.1 Å². The first-order valence-electron chi connectivity index (χ1n) is 8.07. The van der Waals surface area contributed by atoms with E-state index in [0.717, 1.165) is 18.6 Å². The molecular formula is C16H17N3O6S2. The molecule has 11 heteroatoms. The van der Waals surface area contributed by atoms with Crippen LogP contribution in [0.3, 0.4) is 0 Å². The van der Waals surface area contributed by atoms with E-state index in [9.17, 15) is 26.9 Å². The highest BCUT2D eigenvalue weighted by Crippen LogP contribution is 2.28. The average molecular weight is 411 g/mol. The topological polar surface area (TPSA) is 127 Å². The Labute approximate surface area is 156 Å². The second kappa shape index (κ2) is 7.16. The van der Waals surface area contributed by atoms with Crippen molar-refractivity contribution in [3.63, 3.8) is 0 Å². The van der Waals surface area contributed by atoms with E-state index in [1.54, 1.807) is 0 Å². The summed E-state index contributed by atoms with van der Waals surface area (Å²) in [5.74, 6) is 0.0824. The Balaban J connectivity index is 1.86. The van der Waals surface area contributed by atoms with E-state index in [4.69, 9.17) is 0 Å². The molecule has 1 N–H and O–H groups in total. The molecule has 2 aromatic carbocycles. The lowest BCUT2D eigenvalue weighted by molar-refractivity contribution is -0.387. The van der Waals surface area contributed by atoms with Crippen LogP contribution in [0.5, 0.6) is 0 Å². The molecule has 144 valence electrons. The maximum Gasteiger partial charge on any atom is 0.289 e. The van der Waals surface area contributed by atoms with E-state index in [0.29, 0.717) is 18.7 Å². The summed E-state index contributed by atoms with van der Waals surface area (Å²) in [6, 6.07) is 10.9. The Morgan fingerprint density at radius 3 is 2.33 bits per heavy atom. The molecule has 1 aliphatic heterocycles. The summed E-state index contributed by atoms with van der Waals surface area (Å²) in [6.07, 6.45) is 1.37. The predicted octanol–water partition coefficient (Wildman–Crippen LogP) is 2.33. The number of anilines is 2. The number of nitrogens with zero attached hydrogens (tertiary/aromatic N) is 2. The minimum Gasteiger partial charge on any atom is -0.279 e. The van der Waals surface area contributed by atoms with Crippen LogP contribution in [-0.4, -0.2) is 34.1 Å². The van der Waals surface area contributed by atoms with Gasteiger partial charge in [0.15, 0.2) is 4.90 Å². The smallest absolute Gasteiger partial charge is 0.279 e. The monoisotopic (exact) mass is 411 g/mol. The van der Waals surface area contributed by atoms with Gasteiger partial charge in [-0.1, -0.05) is 12.1 Å². The van der Waals surface area contributed by atoms with Gasteiger partial charge in [0.2, 0.25) is 10.0 Å². The summed E-state index contributed by atoms with van der Waals surface area (Å²) >= 11 is 0. The number of sulfonamides is 2. The number of hydrogen-bond acceptors (Lipinski definition) is 6. The van der Waals surface area contributed by atoms with Crippen molar-refractivity contribution in [1.82, 2.24) is 0 Å². The van der Waals surface area contributed by atoms with E-state index >= 15 is 0 Å². The fraction of sp³-hybridized carbons (Fsp3) is 0.250. The Bertz CT molecular complexity index is 1070. The lowest BCUT2D eigenvalue weighted by atomic mass is 10.2. The first-order chi connectivity index (χ1) is 12.7. The highest BCUT2D eigenvalue weighted by Gasteiger charge is 2.27. The molecule has 0 unspecified atom stereocenters. The summed E-state index contributed by atoms with van der Waals surface area (Å²) in [7, 11) is -7.54. The lowest BCUT2D eigenvalue weighted by Crippen LogP contribution is -2.37. The van der Waals surface area contributed by atoms with Crippen molar-refractivity contribution in [2.45, 2.75) is 17.7 Å². The van der Waals surface area contributed by atoms with Gasteiger partial charge in [0, 0.05) is 18.3 Å². The van der Waals surface area contributed by atoms with E-state index < -0.39 is 35.6 Å². The highest BCUT2D eigenvalue weighted by atomic mass is 32.2. The molecular weight excluding hydrogens is 394 g/mol. The largest absolute Gasteiger partial charge is 0.289 e. The third kappa shape index (κ3) is 4.03. The van der Waals surface area contributed by atoms with Gasteiger partial charge in [-0.15, -0.1) is 0 Å². The zero-order valence-electron chi connectivity index (χ0n) is 14.1. The van der Waals surface area contributed by atoms with Crippen LogP contribution in [0.1, 0.15) is 12.8 Å². The SMILES string of the molecule is O=[N+]([O-])c1ccccc1S(=O)(=O)Nc1ccc(N2CCCCS2(=O)=O)cc1. The third-order valence-corrected chi connectivity index (χ3v) is 7.41. The molecule has 1 heterocycles. The molecule has 1 aliphatic rings. The normalized spacial score (nSPS) is 16.7. The number of nitro groups is 1. The van der Waals surface area contributed by atoms with Crippen molar-refractivity contribution in [2.24, 2.45) is 0 Å². The second-order valence-electron chi connectivity index (χ2n) is 5.97. The molecule has 0 aliphatic carbocycles. The molecule has 0 spiro atoms. The molecule has 2 aromatic rings.